The molecule has 2 rings (SSSR count). The Kier molecular flexibility index (Phi) is 2.30. The van der Waals surface area contributed by atoms with Crippen LogP contribution < -0.4 is 5.48 Å². The second kappa shape index (κ2) is 3.44. The molecule has 12 heavy (non-hydrogen) atoms. The van der Waals surface area contributed by atoms with Crippen molar-refractivity contribution in [3.63, 3.8) is 0 Å². The Balaban J connectivity index is 2.21. The number of benzene rings is 1. The number of hydroxylamine groups is 1. The fourth-order valence-corrected chi connectivity index (χ4v) is 1.55. The zero-order chi connectivity index (χ0) is 8.39. The van der Waals surface area contributed by atoms with Gasteiger partial charge in [0.25, 0.3) is 0 Å². The summed E-state index contributed by atoms with van der Waals surface area (Å²) in [5, 5.41) is 0.791. The van der Waals surface area contributed by atoms with Crippen LogP contribution in [-0.4, -0.2) is 13.2 Å². The van der Waals surface area contributed by atoms with Crippen LogP contribution in [0, 0.1) is 0 Å². The van der Waals surface area contributed by atoms with Gasteiger partial charge in [-0.15, -0.1) is 0 Å². The Labute approximate surface area is 76.4 Å². The van der Waals surface area contributed by atoms with E-state index in [0.29, 0.717) is 5.92 Å². The zero-order valence-corrected chi connectivity index (χ0v) is 7.34. The molecular formula is C9H10ClNO. The summed E-state index contributed by atoms with van der Waals surface area (Å²) in [6.45, 7) is 1.61. The number of nitrogens with one attached hydrogen (secondary N) is 1. The Morgan fingerprint density at radius 3 is 3.08 bits per heavy atom. The second-order valence-corrected chi connectivity index (χ2v) is 3.35. The molecule has 1 heterocycles. The maximum Gasteiger partial charge on any atom is 0.0763 e. The lowest BCUT2D eigenvalue weighted by molar-refractivity contribution is 0.101. The van der Waals surface area contributed by atoms with Crippen molar-refractivity contribution in [3.05, 3.63) is 34.9 Å². The lowest BCUT2D eigenvalue weighted by Gasteiger charge is -2.05. The molecule has 0 aliphatic carbocycles. The monoisotopic (exact) mass is 183 g/mol. The summed E-state index contributed by atoms with van der Waals surface area (Å²) in [6.07, 6.45) is 0. The maximum absolute atomic E-state index is 5.86. The molecule has 1 saturated heterocycles. The molecule has 64 valence electrons. The molecule has 0 spiro atoms. The molecule has 1 aromatic rings. The molecule has 0 aromatic heterocycles. The van der Waals surface area contributed by atoms with Gasteiger partial charge in [-0.2, -0.15) is 0 Å². The molecule has 1 fully saturated rings. The van der Waals surface area contributed by atoms with Crippen molar-refractivity contribution in [2.75, 3.05) is 13.2 Å². The summed E-state index contributed by atoms with van der Waals surface area (Å²) in [6, 6.07) is 7.92. The third kappa shape index (κ3) is 1.61. The van der Waals surface area contributed by atoms with Crippen molar-refractivity contribution >= 4 is 11.6 Å². The van der Waals surface area contributed by atoms with Crippen molar-refractivity contribution in [1.29, 1.82) is 0 Å². The number of hydrogen-bond acceptors (Lipinski definition) is 2. The molecule has 0 saturated carbocycles. The molecular weight excluding hydrogens is 174 g/mol. The highest BCUT2D eigenvalue weighted by molar-refractivity contribution is 6.30. The van der Waals surface area contributed by atoms with Gasteiger partial charge in [0.05, 0.1) is 6.61 Å². The first-order valence-corrected chi connectivity index (χ1v) is 4.34. The minimum atomic E-state index is 0.448. The average Bonchev–Trinajstić information content (AvgIpc) is 2.56. The van der Waals surface area contributed by atoms with Crippen molar-refractivity contribution < 1.29 is 4.84 Å². The van der Waals surface area contributed by atoms with Gasteiger partial charge in [-0.3, -0.25) is 0 Å². The van der Waals surface area contributed by atoms with Crippen molar-refractivity contribution in [1.82, 2.24) is 5.48 Å². The summed E-state index contributed by atoms with van der Waals surface area (Å²) < 4.78 is 0. The van der Waals surface area contributed by atoms with Crippen molar-refractivity contribution in [2.24, 2.45) is 0 Å². The van der Waals surface area contributed by atoms with E-state index in [-0.39, 0.29) is 0 Å². The van der Waals surface area contributed by atoms with Gasteiger partial charge < -0.3 is 4.84 Å². The highest BCUT2D eigenvalue weighted by Crippen LogP contribution is 2.21. The van der Waals surface area contributed by atoms with Crippen LogP contribution in [-0.2, 0) is 4.84 Å². The average molecular weight is 184 g/mol. The summed E-state index contributed by atoms with van der Waals surface area (Å²) in [5.74, 6) is 0.448. The van der Waals surface area contributed by atoms with Crippen LogP contribution in [0.15, 0.2) is 24.3 Å². The Bertz CT molecular complexity index is 271. The summed E-state index contributed by atoms with van der Waals surface area (Å²) in [5.41, 5.74) is 4.09. The number of halogens is 1. The fraction of sp³-hybridized carbons (Fsp3) is 0.333. The Morgan fingerprint density at radius 2 is 2.42 bits per heavy atom. The molecule has 1 aliphatic heterocycles. The fourth-order valence-electron chi connectivity index (χ4n) is 1.35. The predicted molar refractivity (Wildman–Crippen MR) is 48.1 cm³/mol. The molecule has 0 bridgehead atoms. The van der Waals surface area contributed by atoms with Gasteiger partial charge in [0.1, 0.15) is 0 Å². The Hall–Kier alpha value is -0.570. The molecule has 1 N–H and O–H groups in total. The van der Waals surface area contributed by atoms with Crippen molar-refractivity contribution in [2.45, 2.75) is 5.92 Å². The summed E-state index contributed by atoms with van der Waals surface area (Å²) >= 11 is 5.86. The van der Waals surface area contributed by atoms with Crippen LogP contribution >= 0.6 is 11.6 Å². The highest BCUT2D eigenvalue weighted by atomic mass is 35.5. The summed E-state index contributed by atoms with van der Waals surface area (Å²) in [7, 11) is 0. The SMILES string of the molecule is Clc1cccc(C2CNOC2)c1. The standard InChI is InChI=1S/C9H10ClNO/c10-9-3-1-2-7(4-9)8-5-11-12-6-8/h1-4,8,11H,5-6H2. The van der Waals surface area contributed by atoms with Crippen LogP contribution in [0.4, 0.5) is 0 Å². The van der Waals surface area contributed by atoms with Crippen LogP contribution in [0.5, 0.6) is 0 Å². The van der Waals surface area contributed by atoms with Gasteiger partial charge in [0, 0.05) is 17.5 Å². The Morgan fingerprint density at radius 1 is 1.50 bits per heavy atom. The van der Waals surface area contributed by atoms with Gasteiger partial charge in [-0.25, -0.2) is 5.48 Å². The van der Waals surface area contributed by atoms with Crippen molar-refractivity contribution in [3.8, 4) is 0 Å². The number of hydrogen-bond donors (Lipinski definition) is 1. The lowest BCUT2D eigenvalue weighted by Crippen LogP contribution is -2.06. The smallest absolute Gasteiger partial charge is 0.0763 e. The van der Waals surface area contributed by atoms with E-state index in [1.165, 1.54) is 5.56 Å². The molecule has 0 amide bonds. The normalized spacial score (nSPS) is 22.9. The van der Waals surface area contributed by atoms with Gasteiger partial charge in [-0.1, -0.05) is 23.7 Å². The molecule has 0 radical (unpaired) electrons. The van der Waals surface area contributed by atoms with E-state index < -0.39 is 0 Å². The van der Waals surface area contributed by atoms with Crippen LogP contribution in [0.3, 0.4) is 0 Å². The van der Waals surface area contributed by atoms with Gasteiger partial charge >= 0.3 is 0 Å². The molecule has 1 aliphatic rings. The van der Waals surface area contributed by atoms with E-state index in [1.807, 2.05) is 18.2 Å². The van der Waals surface area contributed by atoms with E-state index in [0.717, 1.165) is 18.2 Å². The van der Waals surface area contributed by atoms with E-state index in [2.05, 4.69) is 11.5 Å². The van der Waals surface area contributed by atoms with Gasteiger partial charge in [0.15, 0.2) is 0 Å². The first kappa shape index (κ1) is 8.05. The van der Waals surface area contributed by atoms with Crippen LogP contribution in [0.2, 0.25) is 5.02 Å². The van der Waals surface area contributed by atoms with E-state index in [4.69, 9.17) is 16.4 Å². The highest BCUT2D eigenvalue weighted by Gasteiger charge is 2.17. The topological polar surface area (TPSA) is 21.3 Å². The minimum Gasteiger partial charge on any atom is -0.301 e. The van der Waals surface area contributed by atoms with Crippen LogP contribution in [0.1, 0.15) is 11.5 Å². The molecule has 2 nitrogen and oxygen atoms in total. The third-order valence-electron chi connectivity index (χ3n) is 2.04. The van der Waals surface area contributed by atoms with E-state index >= 15 is 0 Å². The quantitative estimate of drug-likeness (QED) is 0.719. The number of rotatable bonds is 1. The molecule has 1 unspecified atom stereocenters. The third-order valence-corrected chi connectivity index (χ3v) is 2.27. The molecule has 1 aromatic carbocycles. The maximum atomic E-state index is 5.86. The van der Waals surface area contributed by atoms with E-state index in [1.54, 1.807) is 0 Å². The second-order valence-electron chi connectivity index (χ2n) is 2.91. The predicted octanol–water partition coefficient (Wildman–Crippen LogP) is 1.96. The zero-order valence-electron chi connectivity index (χ0n) is 6.59. The van der Waals surface area contributed by atoms with E-state index in [9.17, 15) is 0 Å². The largest absolute Gasteiger partial charge is 0.301 e. The molecule has 1 atom stereocenters. The minimum absolute atomic E-state index is 0.448. The van der Waals surface area contributed by atoms with Gasteiger partial charge in [-0.05, 0) is 17.7 Å². The van der Waals surface area contributed by atoms with Gasteiger partial charge in [0.2, 0.25) is 0 Å². The summed E-state index contributed by atoms with van der Waals surface area (Å²) in [4.78, 5) is 5.06. The molecule has 3 heteroatoms. The lowest BCUT2D eigenvalue weighted by atomic mass is 10.0. The van der Waals surface area contributed by atoms with Crippen LogP contribution in [0.25, 0.3) is 0 Å². The first-order chi connectivity index (χ1) is 5.86. The first-order valence-electron chi connectivity index (χ1n) is 3.96.